The average Bonchev–Trinajstić information content (AvgIpc) is 2.63. The number of hydrogen-bond acceptors (Lipinski definition) is 5. The minimum absolute atomic E-state index is 0.792. The molecule has 5 heteroatoms. The Morgan fingerprint density at radius 1 is 1.43 bits per heavy atom. The molecule has 0 atom stereocenters. The van der Waals surface area contributed by atoms with Gasteiger partial charge >= 0.3 is 0 Å². The van der Waals surface area contributed by atoms with Crippen molar-refractivity contribution in [1.82, 2.24) is 15.5 Å². The Kier molecular flexibility index (Phi) is 3.31. The molecule has 4 nitrogen and oxygen atoms in total. The topological polar surface area (TPSA) is 49.8 Å². The van der Waals surface area contributed by atoms with Crippen molar-refractivity contribution in [1.29, 1.82) is 0 Å². The van der Waals surface area contributed by atoms with Crippen LogP contribution in [0.25, 0.3) is 0 Å². The summed E-state index contributed by atoms with van der Waals surface area (Å²) in [6.45, 7) is 5.33. The van der Waals surface area contributed by atoms with Gasteiger partial charge in [-0.05, 0) is 38.8 Å². The minimum Gasteiger partial charge on any atom is -0.360 e. The zero-order valence-electron chi connectivity index (χ0n) is 8.42. The van der Waals surface area contributed by atoms with Gasteiger partial charge in [0.15, 0.2) is 0 Å². The van der Waals surface area contributed by atoms with Gasteiger partial charge in [-0.15, -0.1) is 10.2 Å². The normalized spacial score (nSPS) is 18.4. The van der Waals surface area contributed by atoms with E-state index in [-0.39, 0.29) is 0 Å². The number of nitrogens with one attached hydrogen (secondary N) is 2. The lowest BCUT2D eigenvalue weighted by Gasteiger charge is -2.22. The van der Waals surface area contributed by atoms with E-state index in [0.29, 0.717) is 0 Å². The van der Waals surface area contributed by atoms with Gasteiger partial charge in [-0.2, -0.15) is 0 Å². The van der Waals surface area contributed by atoms with Crippen LogP contribution in [0, 0.1) is 12.8 Å². The molecule has 0 saturated carbocycles. The lowest BCUT2D eigenvalue weighted by molar-refractivity contribution is 0.390. The summed E-state index contributed by atoms with van der Waals surface area (Å²) < 4.78 is 0. The van der Waals surface area contributed by atoms with Crippen LogP contribution in [0.4, 0.5) is 5.13 Å². The first-order chi connectivity index (χ1) is 6.84. The summed E-state index contributed by atoms with van der Waals surface area (Å²) in [6.07, 6.45) is 2.54. The second kappa shape index (κ2) is 4.70. The van der Waals surface area contributed by atoms with Gasteiger partial charge in [0.2, 0.25) is 5.13 Å². The second-order valence-electron chi connectivity index (χ2n) is 3.70. The molecule has 2 rings (SSSR count). The molecule has 0 aliphatic carbocycles. The Bertz CT molecular complexity index is 280. The Morgan fingerprint density at radius 3 is 2.86 bits per heavy atom. The van der Waals surface area contributed by atoms with Crippen molar-refractivity contribution in [3.63, 3.8) is 0 Å². The zero-order chi connectivity index (χ0) is 9.80. The van der Waals surface area contributed by atoms with Crippen LogP contribution < -0.4 is 10.6 Å². The van der Waals surface area contributed by atoms with Crippen LogP contribution in [0.1, 0.15) is 17.8 Å². The Balaban J connectivity index is 1.76. The second-order valence-corrected chi connectivity index (χ2v) is 4.88. The summed E-state index contributed by atoms with van der Waals surface area (Å²) in [6, 6.07) is 0. The fraction of sp³-hybridized carbons (Fsp3) is 0.778. The quantitative estimate of drug-likeness (QED) is 0.792. The van der Waals surface area contributed by atoms with E-state index in [1.165, 1.54) is 12.8 Å². The fourth-order valence-corrected chi connectivity index (χ4v) is 2.28. The number of piperidine rings is 1. The number of hydrogen-bond donors (Lipinski definition) is 2. The number of aryl methyl sites for hydroxylation is 1. The molecule has 1 aliphatic heterocycles. The van der Waals surface area contributed by atoms with Crippen LogP contribution in [0.2, 0.25) is 0 Å². The molecule has 0 aromatic carbocycles. The molecule has 0 unspecified atom stereocenters. The van der Waals surface area contributed by atoms with Gasteiger partial charge in [0.05, 0.1) is 0 Å². The molecule has 2 heterocycles. The smallest absolute Gasteiger partial charge is 0.205 e. The SMILES string of the molecule is Cc1nnc(NCC2CCNCC2)s1. The highest BCUT2D eigenvalue weighted by Gasteiger charge is 2.12. The summed E-state index contributed by atoms with van der Waals surface area (Å²) in [7, 11) is 0. The molecular formula is C9H16N4S. The Hall–Kier alpha value is -0.680. The van der Waals surface area contributed by atoms with Gasteiger partial charge in [-0.3, -0.25) is 0 Å². The third-order valence-corrected chi connectivity index (χ3v) is 3.32. The van der Waals surface area contributed by atoms with E-state index in [4.69, 9.17) is 0 Å². The van der Waals surface area contributed by atoms with Crippen molar-refractivity contribution < 1.29 is 0 Å². The van der Waals surface area contributed by atoms with Crippen LogP contribution in [0.15, 0.2) is 0 Å². The molecule has 2 N–H and O–H groups in total. The van der Waals surface area contributed by atoms with Crippen molar-refractivity contribution in [3.8, 4) is 0 Å². The van der Waals surface area contributed by atoms with E-state index >= 15 is 0 Å². The van der Waals surface area contributed by atoms with E-state index in [9.17, 15) is 0 Å². The molecule has 1 fully saturated rings. The third kappa shape index (κ3) is 2.65. The van der Waals surface area contributed by atoms with Crippen molar-refractivity contribution in [2.75, 3.05) is 25.0 Å². The number of nitrogens with zero attached hydrogens (tertiary/aromatic N) is 2. The van der Waals surface area contributed by atoms with Crippen molar-refractivity contribution in [3.05, 3.63) is 5.01 Å². The van der Waals surface area contributed by atoms with E-state index < -0.39 is 0 Å². The Labute approximate surface area is 88.1 Å². The molecule has 0 radical (unpaired) electrons. The lowest BCUT2D eigenvalue weighted by atomic mass is 9.98. The van der Waals surface area contributed by atoms with Gasteiger partial charge in [0.25, 0.3) is 0 Å². The molecule has 1 aromatic rings. The maximum atomic E-state index is 4.04. The van der Waals surface area contributed by atoms with Gasteiger partial charge in [-0.25, -0.2) is 0 Å². The van der Waals surface area contributed by atoms with E-state index in [1.54, 1.807) is 11.3 Å². The molecule has 0 amide bonds. The summed E-state index contributed by atoms with van der Waals surface area (Å²) in [4.78, 5) is 0. The maximum Gasteiger partial charge on any atom is 0.205 e. The minimum atomic E-state index is 0.792. The molecule has 1 aliphatic rings. The van der Waals surface area contributed by atoms with Crippen LogP contribution in [-0.2, 0) is 0 Å². The van der Waals surface area contributed by atoms with Crippen LogP contribution in [0.3, 0.4) is 0 Å². The van der Waals surface area contributed by atoms with E-state index in [2.05, 4.69) is 20.8 Å². The molecule has 0 bridgehead atoms. The highest BCUT2D eigenvalue weighted by molar-refractivity contribution is 7.15. The molecular weight excluding hydrogens is 196 g/mol. The average molecular weight is 212 g/mol. The molecule has 1 aromatic heterocycles. The first-order valence-corrected chi connectivity index (χ1v) is 5.91. The number of aromatic nitrogens is 2. The van der Waals surface area contributed by atoms with Crippen molar-refractivity contribution in [2.45, 2.75) is 19.8 Å². The summed E-state index contributed by atoms with van der Waals surface area (Å²) in [5, 5.41) is 16.7. The van der Waals surface area contributed by atoms with Gasteiger partial charge in [0, 0.05) is 6.54 Å². The van der Waals surface area contributed by atoms with Gasteiger partial charge in [-0.1, -0.05) is 11.3 Å². The molecule has 14 heavy (non-hydrogen) atoms. The highest BCUT2D eigenvalue weighted by atomic mass is 32.1. The predicted octanol–water partition coefficient (Wildman–Crippen LogP) is 1.26. The van der Waals surface area contributed by atoms with Crippen molar-refractivity contribution >= 4 is 16.5 Å². The van der Waals surface area contributed by atoms with E-state index in [1.807, 2.05) is 6.92 Å². The summed E-state index contributed by atoms with van der Waals surface area (Å²) in [5.41, 5.74) is 0. The highest BCUT2D eigenvalue weighted by Crippen LogP contribution is 2.16. The maximum absolute atomic E-state index is 4.04. The number of rotatable bonds is 3. The predicted molar refractivity (Wildman–Crippen MR) is 58.7 cm³/mol. The summed E-state index contributed by atoms with van der Waals surface area (Å²) in [5.74, 6) is 0.792. The lowest BCUT2D eigenvalue weighted by Crippen LogP contribution is -2.31. The van der Waals surface area contributed by atoms with Crippen LogP contribution in [-0.4, -0.2) is 29.8 Å². The fourth-order valence-electron chi connectivity index (χ4n) is 1.69. The first kappa shape index (κ1) is 9.86. The van der Waals surface area contributed by atoms with Gasteiger partial charge in [0.1, 0.15) is 5.01 Å². The standard InChI is InChI=1S/C9H16N4S/c1-7-12-13-9(14-7)11-6-8-2-4-10-5-3-8/h8,10H,2-6H2,1H3,(H,11,13). The van der Waals surface area contributed by atoms with Crippen LogP contribution in [0.5, 0.6) is 0 Å². The zero-order valence-corrected chi connectivity index (χ0v) is 9.23. The van der Waals surface area contributed by atoms with Crippen molar-refractivity contribution in [2.24, 2.45) is 5.92 Å². The first-order valence-electron chi connectivity index (χ1n) is 5.09. The molecule has 1 saturated heterocycles. The summed E-state index contributed by atoms with van der Waals surface area (Å²) >= 11 is 1.63. The molecule has 0 spiro atoms. The largest absolute Gasteiger partial charge is 0.360 e. The third-order valence-electron chi connectivity index (χ3n) is 2.53. The monoisotopic (exact) mass is 212 g/mol. The Morgan fingerprint density at radius 2 is 2.21 bits per heavy atom. The number of anilines is 1. The van der Waals surface area contributed by atoms with E-state index in [0.717, 1.165) is 35.7 Å². The van der Waals surface area contributed by atoms with Gasteiger partial charge < -0.3 is 10.6 Å². The van der Waals surface area contributed by atoms with Crippen LogP contribution >= 0.6 is 11.3 Å². The molecule has 78 valence electrons.